The number of para-hydroxylation sites is 1. The number of aromatic nitrogens is 1. The number of benzene rings is 2. The van der Waals surface area contributed by atoms with Gasteiger partial charge in [-0.05, 0) is 63.1 Å². The average molecular weight is 387 g/mol. The van der Waals surface area contributed by atoms with E-state index in [1.165, 1.54) is 16.5 Å². The first kappa shape index (κ1) is 21.0. The molecule has 27 heavy (non-hydrogen) atoms. The second-order valence-electron chi connectivity index (χ2n) is 7.54. The van der Waals surface area contributed by atoms with Crippen LogP contribution in [-0.4, -0.2) is 22.7 Å². The van der Waals surface area contributed by atoms with Crippen LogP contribution in [0.4, 0.5) is 0 Å². The number of nitrogens with zero attached hydrogens (tertiary/aromatic N) is 1. The molecule has 0 aliphatic carbocycles. The predicted octanol–water partition coefficient (Wildman–Crippen LogP) is 4.57. The second kappa shape index (κ2) is 8.59. The Labute approximate surface area is 166 Å². The number of carbonyl (C=O) groups excluding carboxylic acids is 1. The molecular formula is C22H27ClN2O2. The summed E-state index contributed by atoms with van der Waals surface area (Å²) in [4.78, 5) is 12.1. The van der Waals surface area contributed by atoms with Gasteiger partial charge in [-0.1, -0.05) is 30.3 Å². The number of esters is 1. The molecule has 0 saturated carbocycles. The molecular weight excluding hydrogens is 360 g/mol. The normalized spacial score (nSPS) is 11.3. The fourth-order valence-electron chi connectivity index (χ4n) is 3.09. The highest BCUT2D eigenvalue weighted by molar-refractivity contribution is 5.89. The van der Waals surface area contributed by atoms with E-state index in [1.54, 1.807) is 0 Å². The van der Waals surface area contributed by atoms with Crippen LogP contribution in [0.25, 0.3) is 10.9 Å². The van der Waals surface area contributed by atoms with Crippen LogP contribution in [0.15, 0.2) is 54.7 Å². The fraction of sp³-hybridized carbons (Fsp3) is 0.318. The van der Waals surface area contributed by atoms with Crippen LogP contribution in [0.5, 0.6) is 0 Å². The standard InChI is InChI=1S/C22H26N2O2.ClH/c1-22(2,3)26-21(25)17-10-8-16(9-11-17)14-24-15-18(12-13-23)19-6-4-5-7-20(19)24;/h4-11,15H,12-14,23H2,1-3H3;1H. The van der Waals surface area contributed by atoms with Crippen LogP contribution >= 0.6 is 12.4 Å². The SMILES string of the molecule is CC(C)(C)OC(=O)c1ccc(Cn2cc(CCN)c3ccccc32)cc1.Cl. The Morgan fingerprint density at radius 1 is 1.07 bits per heavy atom. The molecule has 3 rings (SSSR count). The largest absolute Gasteiger partial charge is 0.456 e. The van der Waals surface area contributed by atoms with Crippen molar-refractivity contribution in [2.75, 3.05) is 6.54 Å². The third-order valence-corrected chi connectivity index (χ3v) is 4.23. The highest BCUT2D eigenvalue weighted by Crippen LogP contribution is 2.23. The summed E-state index contributed by atoms with van der Waals surface area (Å²) in [6.07, 6.45) is 3.05. The number of rotatable bonds is 5. The van der Waals surface area contributed by atoms with Gasteiger partial charge in [-0.2, -0.15) is 0 Å². The van der Waals surface area contributed by atoms with Crippen molar-refractivity contribution in [2.24, 2.45) is 5.73 Å². The molecule has 0 bridgehead atoms. The van der Waals surface area contributed by atoms with Crippen molar-refractivity contribution >= 4 is 29.3 Å². The number of carbonyl (C=O) groups is 1. The van der Waals surface area contributed by atoms with Crippen molar-refractivity contribution in [1.82, 2.24) is 4.57 Å². The van der Waals surface area contributed by atoms with Gasteiger partial charge in [0.2, 0.25) is 0 Å². The molecule has 2 aromatic carbocycles. The third-order valence-electron chi connectivity index (χ3n) is 4.23. The van der Waals surface area contributed by atoms with E-state index in [1.807, 2.05) is 45.0 Å². The molecule has 0 saturated heterocycles. The lowest BCUT2D eigenvalue weighted by Gasteiger charge is -2.19. The minimum atomic E-state index is -0.487. The number of nitrogens with two attached hydrogens (primary N) is 1. The molecule has 4 nitrogen and oxygen atoms in total. The van der Waals surface area contributed by atoms with E-state index in [2.05, 4.69) is 35.0 Å². The van der Waals surface area contributed by atoms with Gasteiger partial charge in [0.1, 0.15) is 5.60 Å². The summed E-state index contributed by atoms with van der Waals surface area (Å²) in [5.74, 6) is -0.291. The Kier molecular flexibility index (Phi) is 6.68. The van der Waals surface area contributed by atoms with Gasteiger partial charge in [-0.15, -0.1) is 12.4 Å². The highest BCUT2D eigenvalue weighted by Gasteiger charge is 2.17. The monoisotopic (exact) mass is 386 g/mol. The van der Waals surface area contributed by atoms with Crippen LogP contribution in [0.1, 0.15) is 42.3 Å². The predicted molar refractivity (Wildman–Crippen MR) is 113 cm³/mol. The molecule has 0 atom stereocenters. The molecule has 144 valence electrons. The van der Waals surface area contributed by atoms with E-state index < -0.39 is 5.60 Å². The molecule has 0 spiro atoms. The van der Waals surface area contributed by atoms with Crippen molar-refractivity contribution in [1.29, 1.82) is 0 Å². The van der Waals surface area contributed by atoms with Gasteiger partial charge in [0.25, 0.3) is 0 Å². The van der Waals surface area contributed by atoms with Crippen LogP contribution in [0, 0.1) is 0 Å². The minimum Gasteiger partial charge on any atom is -0.456 e. The molecule has 5 heteroatoms. The summed E-state index contributed by atoms with van der Waals surface area (Å²) < 4.78 is 7.65. The Balaban J connectivity index is 0.00000261. The zero-order chi connectivity index (χ0) is 18.7. The Hall–Kier alpha value is -2.30. The summed E-state index contributed by atoms with van der Waals surface area (Å²) in [6, 6.07) is 16.0. The maximum absolute atomic E-state index is 12.1. The van der Waals surface area contributed by atoms with E-state index >= 15 is 0 Å². The van der Waals surface area contributed by atoms with Crippen LogP contribution in [-0.2, 0) is 17.7 Å². The maximum atomic E-state index is 12.1. The first-order valence-corrected chi connectivity index (χ1v) is 8.96. The third kappa shape index (κ3) is 5.12. The summed E-state index contributed by atoms with van der Waals surface area (Å²) in [6.45, 7) is 7.00. The summed E-state index contributed by atoms with van der Waals surface area (Å²) in [5, 5.41) is 1.25. The van der Waals surface area contributed by atoms with Gasteiger partial charge in [0.05, 0.1) is 5.56 Å². The topological polar surface area (TPSA) is 57.2 Å². The summed E-state index contributed by atoms with van der Waals surface area (Å²) >= 11 is 0. The quantitative estimate of drug-likeness (QED) is 0.653. The van der Waals surface area contributed by atoms with Crippen molar-refractivity contribution < 1.29 is 9.53 Å². The van der Waals surface area contributed by atoms with Crippen LogP contribution < -0.4 is 5.73 Å². The molecule has 0 unspecified atom stereocenters. The molecule has 3 aromatic rings. The van der Waals surface area contributed by atoms with E-state index in [0.29, 0.717) is 12.1 Å². The molecule has 0 radical (unpaired) electrons. The first-order valence-electron chi connectivity index (χ1n) is 8.96. The number of hydrogen-bond donors (Lipinski definition) is 1. The lowest BCUT2D eigenvalue weighted by Crippen LogP contribution is -2.23. The highest BCUT2D eigenvalue weighted by atomic mass is 35.5. The maximum Gasteiger partial charge on any atom is 0.338 e. The molecule has 1 heterocycles. The lowest BCUT2D eigenvalue weighted by molar-refractivity contribution is 0.00695. The van der Waals surface area contributed by atoms with Crippen molar-refractivity contribution in [3.63, 3.8) is 0 Å². The van der Waals surface area contributed by atoms with E-state index in [9.17, 15) is 4.79 Å². The first-order chi connectivity index (χ1) is 12.4. The van der Waals surface area contributed by atoms with E-state index in [4.69, 9.17) is 10.5 Å². The molecule has 0 aliphatic heterocycles. The summed E-state index contributed by atoms with van der Waals surface area (Å²) in [5.41, 5.74) is 9.45. The number of hydrogen-bond acceptors (Lipinski definition) is 3. The lowest BCUT2D eigenvalue weighted by atomic mass is 10.1. The zero-order valence-corrected chi connectivity index (χ0v) is 16.9. The van der Waals surface area contributed by atoms with Crippen LogP contribution in [0.3, 0.4) is 0 Å². The molecule has 0 aliphatic rings. The molecule has 2 N–H and O–H groups in total. The smallest absolute Gasteiger partial charge is 0.338 e. The number of fused-ring (bicyclic) bond motifs is 1. The number of ether oxygens (including phenoxy) is 1. The van der Waals surface area contributed by atoms with Gasteiger partial charge in [0, 0.05) is 23.6 Å². The fourth-order valence-corrected chi connectivity index (χ4v) is 3.09. The van der Waals surface area contributed by atoms with Gasteiger partial charge >= 0.3 is 5.97 Å². The Morgan fingerprint density at radius 2 is 1.74 bits per heavy atom. The summed E-state index contributed by atoms with van der Waals surface area (Å²) in [7, 11) is 0. The molecule has 0 fully saturated rings. The zero-order valence-electron chi connectivity index (χ0n) is 16.1. The molecule has 1 aromatic heterocycles. The van der Waals surface area contributed by atoms with Gasteiger partial charge in [-0.25, -0.2) is 4.79 Å². The Morgan fingerprint density at radius 3 is 2.37 bits per heavy atom. The van der Waals surface area contributed by atoms with E-state index in [0.717, 1.165) is 18.5 Å². The minimum absolute atomic E-state index is 0. The van der Waals surface area contributed by atoms with Gasteiger partial charge in [0.15, 0.2) is 0 Å². The van der Waals surface area contributed by atoms with Crippen molar-refractivity contribution in [3.05, 3.63) is 71.4 Å². The van der Waals surface area contributed by atoms with Crippen molar-refractivity contribution in [3.8, 4) is 0 Å². The van der Waals surface area contributed by atoms with E-state index in [-0.39, 0.29) is 18.4 Å². The van der Waals surface area contributed by atoms with Crippen molar-refractivity contribution in [2.45, 2.75) is 39.3 Å². The molecule has 0 amide bonds. The second-order valence-corrected chi connectivity index (χ2v) is 7.54. The van der Waals surface area contributed by atoms with Gasteiger partial charge in [-0.3, -0.25) is 0 Å². The number of halogens is 1. The Bertz CT molecular complexity index is 908. The average Bonchev–Trinajstić information content (AvgIpc) is 2.92. The van der Waals surface area contributed by atoms with Gasteiger partial charge < -0.3 is 15.0 Å². The van der Waals surface area contributed by atoms with Crippen LogP contribution in [0.2, 0.25) is 0 Å².